The van der Waals surface area contributed by atoms with Crippen molar-refractivity contribution in [3.8, 4) is 0 Å². The number of carbonyl (C=O) groups excluding carboxylic acids is 1. The third-order valence-corrected chi connectivity index (χ3v) is 6.02. The van der Waals surface area contributed by atoms with Crippen LogP contribution in [0, 0.1) is 0 Å². The zero-order chi connectivity index (χ0) is 16.4. The van der Waals surface area contributed by atoms with E-state index in [9.17, 15) is 13.2 Å². The predicted octanol–water partition coefficient (Wildman–Crippen LogP) is 1.05. The summed E-state index contributed by atoms with van der Waals surface area (Å²) in [6.07, 6.45) is 0. The van der Waals surface area contributed by atoms with Crippen LogP contribution in [0.5, 0.6) is 0 Å². The van der Waals surface area contributed by atoms with E-state index in [-0.39, 0.29) is 29.8 Å². The van der Waals surface area contributed by atoms with Gasteiger partial charge in [-0.15, -0.1) is 12.4 Å². The number of rotatable bonds is 3. The molecule has 8 heteroatoms. The van der Waals surface area contributed by atoms with E-state index in [0.717, 1.165) is 10.8 Å². The molecule has 0 aliphatic carbocycles. The van der Waals surface area contributed by atoms with Gasteiger partial charge >= 0.3 is 0 Å². The Morgan fingerprint density at radius 3 is 2.25 bits per heavy atom. The summed E-state index contributed by atoms with van der Waals surface area (Å²) < 4.78 is 27.0. The molecule has 0 aromatic heterocycles. The van der Waals surface area contributed by atoms with Gasteiger partial charge in [0.2, 0.25) is 15.9 Å². The van der Waals surface area contributed by atoms with Gasteiger partial charge in [0, 0.05) is 26.2 Å². The molecule has 1 fully saturated rings. The normalized spacial score (nSPS) is 16.0. The number of carbonyl (C=O) groups is 1. The van der Waals surface area contributed by atoms with Crippen LogP contribution in [0.25, 0.3) is 10.8 Å². The second-order valence-electron chi connectivity index (χ2n) is 5.50. The van der Waals surface area contributed by atoms with Gasteiger partial charge in [-0.05, 0) is 22.9 Å². The standard InChI is InChI=1S/C16H19N3O3S.ClH/c17-12-16(20)18-7-9-19(10-8-18)23(21,22)15-6-5-13-3-1-2-4-14(13)11-15;/h1-6,11H,7-10,12,17H2;1H. The quantitative estimate of drug-likeness (QED) is 0.876. The van der Waals surface area contributed by atoms with Crippen LogP contribution >= 0.6 is 12.4 Å². The maximum absolute atomic E-state index is 12.8. The Kier molecular flexibility index (Phi) is 5.82. The second-order valence-corrected chi connectivity index (χ2v) is 7.44. The molecule has 0 saturated carbocycles. The van der Waals surface area contributed by atoms with Crippen molar-refractivity contribution in [1.29, 1.82) is 0 Å². The van der Waals surface area contributed by atoms with Gasteiger partial charge in [0.1, 0.15) is 0 Å². The van der Waals surface area contributed by atoms with Crippen LogP contribution < -0.4 is 5.73 Å². The number of hydrogen-bond acceptors (Lipinski definition) is 4. The number of halogens is 1. The monoisotopic (exact) mass is 369 g/mol. The number of fused-ring (bicyclic) bond motifs is 1. The zero-order valence-electron chi connectivity index (χ0n) is 13.1. The molecule has 6 nitrogen and oxygen atoms in total. The second kappa shape index (κ2) is 7.48. The number of nitrogens with zero attached hydrogens (tertiary/aromatic N) is 2. The van der Waals surface area contributed by atoms with Gasteiger partial charge in [-0.1, -0.05) is 30.3 Å². The summed E-state index contributed by atoms with van der Waals surface area (Å²) >= 11 is 0. The Balaban J connectivity index is 0.00000208. The van der Waals surface area contributed by atoms with E-state index in [1.807, 2.05) is 30.3 Å². The van der Waals surface area contributed by atoms with Crippen LogP contribution in [-0.4, -0.2) is 56.3 Å². The first-order chi connectivity index (χ1) is 11.0. The van der Waals surface area contributed by atoms with Crippen LogP contribution in [0.3, 0.4) is 0 Å². The maximum Gasteiger partial charge on any atom is 0.243 e. The Morgan fingerprint density at radius 1 is 1.00 bits per heavy atom. The van der Waals surface area contributed by atoms with Crippen molar-refractivity contribution in [3.05, 3.63) is 42.5 Å². The highest BCUT2D eigenvalue weighted by atomic mass is 35.5. The Morgan fingerprint density at radius 2 is 1.62 bits per heavy atom. The van der Waals surface area contributed by atoms with Gasteiger partial charge in [-0.3, -0.25) is 4.79 Å². The molecule has 2 aromatic rings. The first kappa shape index (κ1) is 18.7. The van der Waals surface area contributed by atoms with Gasteiger partial charge < -0.3 is 10.6 Å². The van der Waals surface area contributed by atoms with Crippen molar-refractivity contribution in [1.82, 2.24) is 9.21 Å². The first-order valence-electron chi connectivity index (χ1n) is 7.49. The van der Waals surface area contributed by atoms with Gasteiger partial charge in [0.05, 0.1) is 11.4 Å². The highest BCUT2D eigenvalue weighted by Crippen LogP contribution is 2.22. The van der Waals surface area contributed by atoms with Gasteiger partial charge in [0.25, 0.3) is 0 Å². The number of piperazine rings is 1. The minimum atomic E-state index is -3.55. The molecular weight excluding hydrogens is 350 g/mol. The molecule has 0 atom stereocenters. The van der Waals surface area contributed by atoms with Crippen LogP contribution in [0.1, 0.15) is 0 Å². The summed E-state index contributed by atoms with van der Waals surface area (Å²) in [4.78, 5) is 13.5. The SMILES string of the molecule is Cl.NCC(=O)N1CCN(S(=O)(=O)c2ccc3ccccc3c2)CC1. The Hall–Kier alpha value is -1.67. The molecule has 0 unspecified atom stereocenters. The topological polar surface area (TPSA) is 83.7 Å². The number of benzene rings is 2. The zero-order valence-corrected chi connectivity index (χ0v) is 14.7. The molecule has 2 aromatic carbocycles. The molecule has 130 valence electrons. The lowest BCUT2D eigenvalue weighted by atomic mass is 10.1. The summed E-state index contributed by atoms with van der Waals surface area (Å²) in [5.74, 6) is -0.146. The molecule has 0 spiro atoms. The molecule has 0 bridgehead atoms. The van der Waals surface area contributed by atoms with Gasteiger partial charge in [0.15, 0.2) is 0 Å². The van der Waals surface area contributed by atoms with E-state index in [0.29, 0.717) is 26.2 Å². The minimum Gasteiger partial charge on any atom is -0.339 e. The third-order valence-electron chi connectivity index (χ3n) is 4.12. The molecule has 2 N–H and O–H groups in total. The van der Waals surface area contributed by atoms with Gasteiger partial charge in [-0.25, -0.2) is 8.42 Å². The highest BCUT2D eigenvalue weighted by Gasteiger charge is 2.29. The summed E-state index contributed by atoms with van der Waals surface area (Å²) in [6, 6.07) is 12.8. The average molecular weight is 370 g/mol. The van der Waals surface area contributed by atoms with E-state index in [2.05, 4.69) is 0 Å². The Bertz CT molecular complexity index is 833. The number of amides is 1. The fourth-order valence-electron chi connectivity index (χ4n) is 2.78. The van der Waals surface area contributed by atoms with E-state index < -0.39 is 10.0 Å². The smallest absolute Gasteiger partial charge is 0.243 e. The highest BCUT2D eigenvalue weighted by molar-refractivity contribution is 7.89. The van der Waals surface area contributed by atoms with Crippen LogP contribution in [-0.2, 0) is 14.8 Å². The fraction of sp³-hybridized carbons (Fsp3) is 0.312. The van der Waals surface area contributed by atoms with Crippen molar-refractivity contribution in [2.24, 2.45) is 5.73 Å². The molecule has 1 amide bonds. The molecule has 1 aliphatic heterocycles. The number of nitrogens with two attached hydrogens (primary N) is 1. The minimum absolute atomic E-state index is 0. The van der Waals surface area contributed by atoms with Crippen molar-refractivity contribution in [2.45, 2.75) is 4.90 Å². The molecule has 1 saturated heterocycles. The summed E-state index contributed by atoms with van der Waals surface area (Å²) in [7, 11) is -3.55. The van der Waals surface area contributed by atoms with Crippen LogP contribution in [0.15, 0.2) is 47.4 Å². The Labute approximate surface area is 147 Å². The summed E-state index contributed by atoms with van der Waals surface area (Å²) in [6.45, 7) is 1.30. The van der Waals surface area contributed by atoms with E-state index >= 15 is 0 Å². The van der Waals surface area contributed by atoms with E-state index in [1.165, 1.54) is 4.31 Å². The molecule has 3 rings (SSSR count). The van der Waals surface area contributed by atoms with E-state index in [4.69, 9.17) is 5.73 Å². The third kappa shape index (κ3) is 3.54. The molecule has 1 heterocycles. The lowest BCUT2D eigenvalue weighted by molar-refractivity contribution is -0.130. The lowest BCUT2D eigenvalue weighted by Gasteiger charge is -2.33. The summed E-state index contributed by atoms with van der Waals surface area (Å²) in [5, 5.41) is 1.90. The molecular formula is C16H20ClN3O3S. The average Bonchev–Trinajstić information content (AvgIpc) is 2.60. The predicted molar refractivity (Wildman–Crippen MR) is 95.6 cm³/mol. The fourth-order valence-corrected chi connectivity index (χ4v) is 4.24. The molecule has 0 radical (unpaired) electrons. The number of hydrogen-bond donors (Lipinski definition) is 1. The number of sulfonamides is 1. The summed E-state index contributed by atoms with van der Waals surface area (Å²) in [5.41, 5.74) is 5.34. The van der Waals surface area contributed by atoms with Crippen LogP contribution in [0.2, 0.25) is 0 Å². The lowest BCUT2D eigenvalue weighted by Crippen LogP contribution is -2.51. The molecule has 24 heavy (non-hydrogen) atoms. The van der Waals surface area contributed by atoms with Crippen molar-refractivity contribution in [3.63, 3.8) is 0 Å². The first-order valence-corrected chi connectivity index (χ1v) is 8.93. The van der Waals surface area contributed by atoms with Crippen molar-refractivity contribution < 1.29 is 13.2 Å². The van der Waals surface area contributed by atoms with Crippen molar-refractivity contribution in [2.75, 3.05) is 32.7 Å². The maximum atomic E-state index is 12.8. The van der Waals surface area contributed by atoms with Gasteiger partial charge in [-0.2, -0.15) is 4.31 Å². The van der Waals surface area contributed by atoms with Crippen molar-refractivity contribution >= 4 is 39.1 Å². The van der Waals surface area contributed by atoms with E-state index in [1.54, 1.807) is 17.0 Å². The molecule has 1 aliphatic rings. The largest absolute Gasteiger partial charge is 0.339 e. The van der Waals surface area contributed by atoms with Crippen LogP contribution in [0.4, 0.5) is 0 Å².